The number of fused-ring (bicyclic) bond motifs is 1. The van der Waals surface area contributed by atoms with Gasteiger partial charge in [0, 0.05) is 17.1 Å². The van der Waals surface area contributed by atoms with Crippen LogP contribution in [-0.2, 0) is 13.1 Å². The number of halogens is 1. The summed E-state index contributed by atoms with van der Waals surface area (Å²) >= 11 is 6.02. The number of amides is 1. The predicted molar refractivity (Wildman–Crippen MR) is 133 cm³/mol. The molecule has 0 radical (unpaired) electrons. The van der Waals surface area contributed by atoms with Gasteiger partial charge in [0.05, 0.1) is 24.2 Å². The minimum absolute atomic E-state index is 0.169. The average molecular weight is 462 g/mol. The van der Waals surface area contributed by atoms with E-state index in [2.05, 4.69) is 41.9 Å². The summed E-state index contributed by atoms with van der Waals surface area (Å²) in [7, 11) is 0. The third kappa shape index (κ3) is 5.74. The first-order valence-corrected chi connectivity index (χ1v) is 11.6. The van der Waals surface area contributed by atoms with Crippen LogP contribution in [-0.4, -0.2) is 22.1 Å². The number of hydrogen-bond acceptors (Lipinski definition) is 3. The number of aromatic nitrogens is 2. The van der Waals surface area contributed by atoms with Gasteiger partial charge in [-0.2, -0.15) is 0 Å². The molecule has 0 saturated heterocycles. The second kappa shape index (κ2) is 10.5. The van der Waals surface area contributed by atoms with Crippen LogP contribution in [0.5, 0.6) is 5.75 Å². The molecule has 6 heteroatoms. The normalized spacial score (nSPS) is 11.0. The van der Waals surface area contributed by atoms with Crippen molar-refractivity contribution in [3.63, 3.8) is 0 Å². The third-order valence-electron chi connectivity index (χ3n) is 5.59. The van der Waals surface area contributed by atoms with Crippen LogP contribution in [0.2, 0.25) is 5.02 Å². The maximum Gasteiger partial charge on any atom is 0.251 e. The van der Waals surface area contributed by atoms with Crippen LogP contribution in [0, 0.1) is 13.8 Å². The Morgan fingerprint density at radius 3 is 2.70 bits per heavy atom. The van der Waals surface area contributed by atoms with Crippen LogP contribution in [0.4, 0.5) is 0 Å². The molecule has 0 aliphatic rings. The molecule has 3 aromatic carbocycles. The standard InChI is InChI=1S/C27H28ClN3O2/c1-19-12-13-25(20(2)16-19)33-15-6-5-14-31-24-11-4-3-10-23(24)30-26(31)18-29-27(32)21-8-7-9-22(28)17-21/h3-4,7-13,16-17H,5-6,14-15,18H2,1-2H3,(H,29,32). The molecule has 1 aromatic heterocycles. The van der Waals surface area contributed by atoms with Crippen molar-refractivity contribution in [1.82, 2.24) is 14.9 Å². The van der Waals surface area contributed by atoms with Gasteiger partial charge >= 0.3 is 0 Å². The van der Waals surface area contributed by atoms with Gasteiger partial charge in [-0.1, -0.05) is 47.5 Å². The first kappa shape index (κ1) is 22.9. The second-order valence-electron chi connectivity index (χ2n) is 8.19. The van der Waals surface area contributed by atoms with Crippen LogP contribution < -0.4 is 10.1 Å². The molecule has 4 rings (SSSR count). The topological polar surface area (TPSA) is 56.1 Å². The Hall–Kier alpha value is -3.31. The van der Waals surface area contributed by atoms with E-state index in [1.165, 1.54) is 5.56 Å². The van der Waals surface area contributed by atoms with E-state index >= 15 is 0 Å². The molecule has 4 aromatic rings. The molecule has 0 aliphatic carbocycles. The summed E-state index contributed by atoms with van der Waals surface area (Å²) in [5.74, 6) is 1.61. The molecule has 0 atom stereocenters. The van der Waals surface area contributed by atoms with Gasteiger partial charge in [-0.05, 0) is 68.7 Å². The van der Waals surface area contributed by atoms with Gasteiger partial charge in [0.25, 0.3) is 5.91 Å². The van der Waals surface area contributed by atoms with Crippen LogP contribution in [0.3, 0.4) is 0 Å². The smallest absolute Gasteiger partial charge is 0.251 e. The van der Waals surface area contributed by atoms with Crippen molar-refractivity contribution in [1.29, 1.82) is 0 Å². The molecule has 0 aliphatic heterocycles. The largest absolute Gasteiger partial charge is 0.493 e. The van der Waals surface area contributed by atoms with Crippen LogP contribution >= 0.6 is 11.6 Å². The number of benzene rings is 3. The van der Waals surface area contributed by atoms with E-state index in [-0.39, 0.29) is 5.91 Å². The van der Waals surface area contributed by atoms with E-state index in [4.69, 9.17) is 21.3 Å². The van der Waals surface area contributed by atoms with Crippen molar-refractivity contribution < 1.29 is 9.53 Å². The highest BCUT2D eigenvalue weighted by Gasteiger charge is 2.12. The lowest BCUT2D eigenvalue weighted by Crippen LogP contribution is -2.24. The zero-order chi connectivity index (χ0) is 23.2. The number of carbonyl (C=O) groups is 1. The van der Waals surface area contributed by atoms with Crippen molar-refractivity contribution in [3.8, 4) is 5.75 Å². The fraction of sp³-hybridized carbons (Fsp3) is 0.259. The molecule has 0 bridgehead atoms. The van der Waals surface area contributed by atoms with Crippen LogP contribution in [0.15, 0.2) is 66.7 Å². The number of hydrogen-bond donors (Lipinski definition) is 1. The van der Waals surface area contributed by atoms with Gasteiger partial charge in [0.1, 0.15) is 11.6 Å². The van der Waals surface area contributed by atoms with E-state index in [9.17, 15) is 4.79 Å². The number of para-hydroxylation sites is 2. The molecule has 0 fully saturated rings. The number of ether oxygens (including phenoxy) is 1. The molecule has 1 amide bonds. The first-order valence-electron chi connectivity index (χ1n) is 11.2. The Balaban J connectivity index is 1.38. The number of carbonyl (C=O) groups excluding carboxylic acids is 1. The molecule has 0 saturated carbocycles. The molecule has 1 N–H and O–H groups in total. The summed E-state index contributed by atoms with van der Waals surface area (Å²) in [4.78, 5) is 17.3. The quantitative estimate of drug-likeness (QED) is 0.306. The number of rotatable bonds is 9. The van der Waals surface area contributed by atoms with E-state index in [1.807, 2.05) is 24.3 Å². The van der Waals surface area contributed by atoms with Gasteiger partial charge in [-0.15, -0.1) is 0 Å². The summed E-state index contributed by atoms with van der Waals surface area (Å²) < 4.78 is 8.16. The Bertz CT molecular complexity index is 1270. The molecule has 5 nitrogen and oxygen atoms in total. The number of aryl methyl sites for hydroxylation is 3. The highest BCUT2D eigenvalue weighted by molar-refractivity contribution is 6.30. The lowest BCUT2D eigenvalue weighted by atomic mass is 10.1. The minimum atomic E-state index is -0.169. The Morgan fingerprint density at radius 2 is 1.88 bits per heavy atom. The summed E-state index contributed by atoms with van der Waals surface area (Å²) in [6.45, 7) is 5.97. The summed E-state index contributed by atoms with van der Waals surface area (Å²) in [5, 5.41) is 3.51. The van der Waals surface area contributed by atoms with Gasteiger partial charge < -0.3 is 14.6 Å². The highest BCUT2D eigenvalue weighted by Crippen LogP contribution is 2.20. The van der Waals surface area contributed by atoms with E-state index in [0.717, 1.165) is 47.6 Å². The van der Waals surface area contributed by atoms with Gasteiger partial charge in [-0.25, -0.2) is 4.98 Å². The Labute approximate surface area is 199 Å². The fourth-order valence-corrected chi connectivity index (χ4v) is 4.11. The van der Waals surface area contributed by atoms with Gasteiger partial charge in [0.2, 0.25) is 0 Å². The third-order valence-corrected chi connectivity index (χ3v) is 5.83. The summed E-state index contributed by atoms with van der Waals surface area (Å²) in [5.41, 5.74) is 4.93. The minimum Gasteiger partial charge on any atom is -0.493 e. The van der Waals surface area contributed by atoms with Crippen molar-refractivity contribution in [2.75, 3.05) is 6.61 Å². The van der Waals surface area contributed by atoms with Crippen molar-refractivity contribution in [2.45, 2.75) is 39.8 Å². The second-order valence-corrected chi connectivity index (χ2v) is 8.62. The SMILES string of the molecule is Cc1ccc(OCCCCn2c(CNC(=O)c3cccc(Cl)c3)nc3ccccc32)c(C)c1. The van der Waals surface area contributed by atoms with Crippen molar-refractivity contribution >= 4 is 28.5 Å². The summed E-state index contributed by atoms with van der Waals surface area (Å²) in [6, 6.07) is 21.2. The highest BCUT2D eigenvalue weighted by atomic mass is 35.5. The number of unbranched alkanes of at least 4 members (excludes halogenated alkanes) is 1. The first-order chi connectivity index (χ1) is 16.0. The summed E-state index contributed by atoms with van der Waals surface area (Å²) in [6.07, 6.45) is 1.87. The maximum absolute atomic E-state index is 12.6. The number of nitrogens with one attached hydrogen (secondary N) is 1. The van der Waals surface area contributed by atoms with Gasteiger partial charge in [0.15, 0.2) is 0 Å². The molecule has 0 unspecified atom stereocenters. The monoisotopic (exact) mass is 461 g/mol. The lowest BCUT2D eigenvalue weighted by Gasteiger charge is -2.12. The molecular weight excluding hydrogens is 434 g/mol. The zero-order valence-corrected chi connectivity index (χ0v) is 19.7. The van der Waals surface area contributed by atoms with Crippen LogP contribution in [0.25, 0.3) is 11.0 Å². The van der Waals surface area contributed by atoms with E-state index in [0.29, 0.717) is 23.7 Å². The molecule has 170 valence electrons. The maximum atomic E-state index is 12.6. The Kier molecular flexibility index (Phi) is 7.30. The fourth-order valence-electron chi connectivity index (χ4n) is 3.92. The van der Waals surface area contributed by atoms with Crippen LogP contribution in [0.1, 0.15) is 40.2 Å². The molecule has 0 spiro atoms. The number of nitrogens with zero attached hydrogens (tertiary/aromatic N) is 2. The zero-order valence-electron chi connectivity index (χ0n) is 19.0. The van der Waals surface area contributed by atoms with E-state index < -0.39 is 0 Å². The molecular formula is C27H28ClN3O2. The van der Waals surface area contributed by atoms with Gasteiger partial charge in [-0.3, -0.25) is 4.79 Å². The molecule has 33 heavy (non-hydrogen) atoms. The lowest BCUT2D eigenvalue weighted by molar-refractivity contribution is 0.0949. The predicted octanol–water partition coefficient (Wildman–Crippen LogP) is 6.10. The van der Waals surface area contributed by atoms with Crippen molar-refractivity contribution in [2.24, 2.45) is 0 Å². The Morgan fingerprint density at radius 1 is 1.03 bits per heavy atom. The molecule has 1 heterocycles. The number of imidazole rings is 1. The van der Waals surface area contributed by atoms with E-state index in [1.54, 1.807) is 24.3 Å². The average Bonchev–Trinajstić information content (AvgIpc) is 3.16. The van der Waals surface area contributed by atoms with Crippen molar-refractivity contribution in [3.05, 3.63) is 94.3 Å².